The van der Waals surface area contributed by atoms with Crippen LogP contribution in [0.1, 0.15) is 29.0 Å². The molecule has 0 fully saturated rings. The maximum absolute atomic E-state index is 12.3. The molecule has 1 N–H and O–H groups in total. The monoisotopic (exact) mass is 307 g/mol. The molecule has 0 spiro atoms. The third kappa shape index (κ3) is 3.13. The molecule has 0 radical (unpaired) electrons. The number of hydrogen-bond donors (Lipinski definition) is 1. The predicted octanol–water partition coefficient (Wildman–Crippen LogP) is 2.42. The second-order valence-electron chi connectivity index (χ2n) is 5.48. The molecule has 0 aliphatic heterocycles. The summed E-state index contributed by atoms with van der Waals surface area (Å²) in [7, 11) is 1.52. The van der Waals surface area contributed by atoms with Crippen LogP contribution in [-0.4, -0.2) is 15.7 Å². The minimum Gasteiger partial charge on any atom is -0.344 e. The molecule has 3 rings (SSSR count). The van der Waals surface area contributed by atoms with Crippen LogP contribution in [0.15, 0.2) is 59.4 Å². The van der Waals surface area contributed by atoms with E-state index >= 15 is 0 Å². The lowest BCUT2D eigenvalue weighted by molar-refractivity contribution is 0.0932. The molecule has 0 bridgehead atoms. The van der Waals surface area contributed by atoms with Gasteiger partial charge in [-0.05, 0) is 35.4 Å². The van der Waals surface area contributed by atoms with Gasteiger partial charge in [0.15, 0.2) is 0 Å². The number of benzene rings is 2. The molecule has 1 amide bonds. The highest BCUT2D eigenvalue weighted by molar-refractivity contribution is 5.92. The van der Waals surface area contributed by atoms with Crippen molar-refractivity contribution in [3.63, 3.8) is 0 Å². The van der Waals surface area contributed by atoms with Gasteiger partial charge in [0.2, 0.25) is 0 Å². The van der Waals surface area contributed by atoms with E-state index in [4.69, 9.17) is 0 Å². The van der Waals surface area contributed by atoms with Crippen LogP contribution in [0.4, 0.5) is 0 Å². The zero-order valence-corrected chi connectivity index (χ0v) is 13.0. The smallest absolute Gasteiger partial charge is 0.272 e. The maximum atomic E-state index is 12.3. The molecule has 1 atom stereocenters. The summed E-state index contributed by atoms with van der Waals surface area (Å²) < 4.78 is 1.15. The molecule has 0 saturated heterocycles. The largest absolute Gasteiger partial charge is 0.344 e. The Balaban J connectivity index is 1.81. The Hall–Kier alpha value is -2.95. The Labute approximate surface area is 133 Å². The van der Waals surface area contributed by atoms with E-state index < -0.39 is 0 Å². The number of fused-ring (bicyclic) bond motifs is 1. The maximum Gasteiger partial charge on any atom is 0.272 e. The summed E-state index contributed by atoms with van der Waals surface area (Å²) in [5.74, 6) is -0.304. The van der Waals surface area contributed by atoms with Gasteiger partial charge in [-0.15, -0.1) is 0 Å². The topological polar surface area (TPSA) is 64.0 Å². The molecule has 0 saturated carbocycles. The van der Waals surface area contributed by atoms with Crippen molar-refractivity contribution >= 4 is 16.7 Å². The fourth-order valence-corrected chi connectivity index (χ4v) is 2.45. The van der Waals surface area contributed by atoms with E-state index in [0.717, 1.165) is 21.0 Å². The zero-order valence-electron chi connectivity index (χ0n) is 13.0. The lowest BCUT2D eigenvalue weighted by Crippen LogP contribution is -2.30. The van der Waals surface area contributed by atoms with Crippen LogP contribution < -0.4 is 10.9 Å². The van der Waals surface area contributed by atoms with Gasteiger partial charge in [0.1, 0.15) is 5.69 Å². The number of carbonyl (C=O) groups is 1. The zero-order chi connectivity index (χ0) is 16.4. The van der Waals surface area contributed by atoms with Gasteiger partial charge in [0.05, 0.1) is 6.04 Å². The third-order valence-electron chi connectivity index (χ3n) is 3.81. The Kier molecular flexibility index (Phi) is 3.93. The van der Waals surface area contributed by atoms with Crippen molar-refractivity contribution in [3.05, 3.63) is 76.2 Å². The number of aryl methyl sites for hydroxylation is 1. The molecular formula is C18H17N3O2. The lowest BCUT2D eigenvalue weighted by atomic mass is 10.0. The minimum atomic E-state index is -0.304. The van der Waals surface area contributed by atoms with Gasteiger partial charge in [-0.3, -0.25) is 9.59 Å². The average Bonchev–Trinajstić information content (AvgIpc) is 2.56. The predicted molar refractivity (Wildman–Crippen MR) is 89.3 cm³/mol. The fourth-order valence-electron chi connectivity index (χ4n) is 2.45. The first-order valence-electron chi connectivity index (χ1n) is 7.38. The number of carbonyl (C=O) groups excluding carboxylic acids is 1. The SMILES string of the molecule is C[C@H](NC(=O)c1ccc(=O)n(C)n1)c1ccc2ccccc2c1. The Morgan fingerprint density at radius 3 is 2.57 bits per heavy atom. The Morgan fingerprint density at radius 2 is 1.83 bits per heavy atom. The van der Waals surface area contributed by atoms with Gasteiger partial charge in [0, 0.05) is 13.1 Å². The second kappa shape index (κ2) is 6.04. The lowest BCUT2D eigenvalue weighted by Gasteiger charge is -2.15. The van der Waals surface area contributed by atoms with Crippen LogP contribution in [0.25, 0.3) is 10.8 Å². The summed E-state index contributed by atoms with van der Waals surface area (Å²) in [6.45, 7) is 1.92. The molecule has 0 unspecified atom stereocenters. The molecule has 1 aromatic heterocycles. The van der Waals surface area contributed by atoms with Gasteiger partial charge >= 0.3 is 0 Å². The molecule has 1 heterocycles. The molecule has 5 nitrogen and oxygen atoms in total. The van der Waals surface area contributed by atoms with E-state index in [-0.39, 0.29) is 23.2 Å². The molecular weight excluding hydrogens is 290 g/mol. The minimum absolute atomic E-state index is 0.161. The van der Waals surface area contributed by atoms with E-state index in [1.807, 2.05) is 37.3 Å². The fraction of sp³-hybridized carbons (Fsp3) is 0.167. The van der Waals surface area contributed by atoms with E-state index in [1.165, 1.54) is 19.2 Å². The van der Waals surface area contributed by atoms with Gasteiger partial charge < -0.3 is 5.32 Å². The first-order chi connectivity index (χ1) is 11.0. The van der Waals surface area contributed by atoms with Crippen molar-refractivity contribution < 1.29 is 4.79 Å². The third-order valence-corrected chi connectivity index (χ3v) is 3.81. The van der Waals surface area contributed by atoms with Crippen LogP contribution in [0.5, 0.6) is 0 Å². The number of rotatable bonds is 3. The van der Waals surface area contributed by atoms with E-state index in [1.54, 1.807) is 0 Å². The highest BCUT2D eigenvalue weighted by atomic mass is 16.2. The quantitative estimate of drug-likeness (QED) is 0.808. The van der Waals surface area contributed by atoms with Crippen molar-refractivity contribution in [1.82, 2.24) is 15.1 Å². The van der Waals surface area contributed by atoms with Crippen LogP contribution >= 0.6 is 0 Å². The number of hydrogen-bond acceptors (Lipinski definition) is 3. The van der Waals surface area contributed by atoms with E-state index in [0.29, 0.717) is 0 Å². The van der Waals surface area contributed by atoms with Crippen molar-refractivity contribution in [2.24, 2.45) is 7.05 Å². The summed E-state index contributed by atoms with van der Waals surface area (Å²) in [5.41, 5.74) is 0.991. The molecule has 23 heavy (non-hydrogen) atoms. The highest BCUT2D eigenvalue weighted by Gasteiger charge is 2.13. The first-order valence-corrected chi connectivity index (χ1v) is 7.38. The Bertz CT molecular complexity index is 931. The number of nitrogens with one attached hydrogen (secondary N) is 1. The van der Waals surface area contributed by atoms with Crippen molar-refractivity contribution in [2.45, 2.75) is 13.0 Å². The molecule has 3 aromatic rings. The van der Waals surface area contributed by atoms with Gasteiger partial charge in [-0.2, -0.15) is 5.10 Å². The normalized spacial score (nSPS) is 12.1. The van der Waals surface area contributed by atoms with Gasteiger partial charge in [0.25, 0.3) is 11.5 Å². The molecule has 5 heteroatoms. The average molecular weight is 307 g/mol. The standard InChI is InChI=1S/C18H17N3O2/c1-12(14-8-7-13-5-3-4-6-15(13)11-14)19-18(23)16-9-10-17(22)21(2)20-16/h3-12H,1-2H3,(H,19,23)/t12-/m0/s1. The van der Waals surface area contributed by atoms with Gasteiger partial charge in [-0.1, -0.05) is 36.4 Å². The molecule has 2 aromatic carbocycles. The van der Waals surface area contributed by atoms with Crippen LogP contribution in [0, 0.1) is 0 Å². The summed E-state index contributed by atoms with van der Waals surface area (Å²) in [6, 6.07) is 16.8. The first kappa shape index (κ1) is 15.0. The van der Waals surface area contributed by atoms with Crippen molar-refractivity contribution in [2.75, 3.05) is 0 Å². The van der Waals surface area contributed by atoms with Crippen LogP contribution in [0.2, 0.25) is 0 Å². The summed E-state index contributed by atoms with van der Waals surface area (Å²) in [6.07, 6.45) is 0. The number of aromatic nitrogens is 2. The van der Waals surface area contributed by atoms with Crippen LogP contribution in [-0.2, 0) is 7.05 Å². The van der Waals surface area contributed by atoms with Crippen molar-refractivity contribution in [3.8, 4) is 0 Å². The van der Waals surface area contributed by atoms with Crippen molar-refractivity contribution in [1.29, 1.82) is 0 Å². The van der Waals surface area contributed by atoms with Crippen LogP contribution in [0.3, 0.4) is 0 Å². The van der Waals surface area contributed by atoms with E-state index in [2.05, 4.69) is 22.5 Å². The number of amides is 1. The van der Waals surface area contributed by atoms with E-state index in [9.17, 15) is 9.59 Å². The summed E-state index contributed by atoms with van der Waals surface area (Å²) in [4.78, 5) is 23.6. The summed E-state index contributed by atoms with van der Waals surface area (Å²) in [5, 5.41) is 9.16. The van der Waals surface area contributed by atoms with Gasteiger partial charge in [-0.25, -0.2) is 4.68 Å². The molecule has 0 aliphatic carbocycles. The Morgan fingerprint density at radius 1 is 1.09 bits per heavy atom. The summed E-state index contributed by atoms with van der Waals surface area (Å²) >= 11 is 0. The second-order valence-corrected chi connectivity index (χ2v) is 5.48. The molecule has 0 aliphatic rings. The highest BCUT2D eigenvalue weighted by Crippen LogP contribution is 2.20. The number of nitrogens with zero attached hydrogens (tertiary/aromatic N) is 2. The molecule has 116 valence electrons.